The number of hydrogen-bond donors (Lipinski definition) is 1. The Bertz CT molecular complexity index is 841. The molecule has 0 saturated carbocycles. The summed E-state index contributed by atoms with van der Waals surface area (Å²) in [6.45, 7) is 0.339. The van der Waals surface area contributed by atoms with Crippen LogP contribution in [-0.2, 0) is 9.53 Å². The molecule has 2 aromatic carbocycles. The average Bonchev–Trinajstić information content (AvgIpc) is 2.99. The van der Waals surface area contributed by atoms with Gasteiger partial charge in [0.05, 0.1) is 12.1 Å². The minimum absolute atomic E-state index is 0. The van der Waals surface area contributed by atoms with Crippen molar-refractivity contribution in [3.05, 3.63) is 59.7 Å². The Morgan fingerprint density at radius 1 is 1.07 bits per heavy atom. The summed E-state index contributed by atoms with van der Waals surface area (Å²) in [5, 5.41) is 21.3. The van der Waals surface area contributed by atoms with E-state index < -0.39 is 24.2 Å². The van der Waals surface area contributed by atoms with Gasteiger partial charge in [-0.1, -0.05) is 48.5 Å². The van der Waals surface area contributed by atoms with E-state index >= 15 is 0 Å². The number of carboxylic acids is 1. The Kier molecular flexibility index (Phi) is 6.45. The van der Waals surface area contributed by atoms with Crippen molar-refractivity contribution in [2.75, 3.05) is 13.2 Å². The van der Waals surface area contributed by atoms with Crippen LogP contribution in [0.5, 0.6) is 0 Å². The van der Waals surface area contributed by atoms with Crippen molar-refractivity contribution in [3.63, 3.8) is 0 Å². The van der Waals surface area contributed by atoms with Gasteiger partial charge < -0.3 is 19.7 Å². The summed E-state index contributed by atoms with van der Waals surface area (Å²) in [6.07, 6.45) is -1.02. The van der Waals surface area contributed by atoms with E-state index in [1.807, 2.05) is 48.5 Å². The van der Waals surface area contributed by atoms with Crippen LogP contribution in [0, 0.1) is 0 Å². The molecule has 4 rings (SSSR count). The smallest absolute Gasteiger partial charge is 0.548 e. The predicted molar refractivity (Wildman–Crippen MR) is 95.8 cm³/mol. The maximum Gasteiger partial charge on any atom is 1.00 e. The molecule has 140 valence electrons. The molecule has 1 fully saturated rings. The largest absolute Gasteiger partial charge is 1.00 e. The van der Waals surface area contributed by atoms with Gasteiger partial charge >= 0.3 is 35.7 Å². The van der Waals surface area contributed by atoms with Gasteiger partial charge in [0.1, 0.15) is 12.6 Å². The number of aliphatic hydroxyl groups is 1. The van der Waals surface area contributed by atoms with Crippen LogP contribution in [0.1, 0.15) is 29.9 Å². The van der Waals surface area contributed by atoms with Crippen molar-refractivity contribution >= 4 is 12.1 Å². The topological polar surface area (TPSA) is 89.9 Å². The first-order valence-electron chi connectivity index (χ1n) is 9.08. The maximum atomic E-state index is 12.5. The number of aliphatic hydroxyl groups excluding tert-OH is 1. The van der Waals surface area contributed by atoms with Crippen molar-refractivity contribution in [3.8, 4) is 11.1 Å². The van der Waals surface area contributed by atoms with Crippen LogP contribution >= 0.6 is 0 Å². The first-order chi connectivity index (χ1) is 13.1. The Morgan fingerprint density at radius 3 is 2.21 bits per heavy atom. The molecule has 2 aliphatic rings. The summed E-state index contributed by atoms with van der Waals surface area (Å²) in [7, 11) is 0. The van der Waals surface area contributed by atoms with Crippen LogP contribution in [0.4, 0.5) is 4.79 Å². The molecule has 0 bridgehead atoms. The number of piperidine rings is 1. The van der Waals surface area contributed by atoms with Gasteiger partial charge in [0.25, 0.3) is 0 Å². The number of aliphatic carboxylic acids is 1. The van der Waals surface area contributed by atoms with Gasteiger partial charge in [-0.2, -0.15) is 0 Å². The van der Waals surface area contributed by atoms with Gasteiger partial charge in [-0.25, -0.2) is 4.79 Å². The van der Waals surface area contributed by atoms with Crippen molar-refractivity contribution in [2.24, 2.45) is 0 Å². The summed E-state index contributed by atoms with van der Waals surface area (Å²) in [6, 6.07) is 14.6. The number of fused-ring (bicyclic) bond motifs is 3. The third-order valence-corrected chi connectivity index (χ3v) is 5.41. The summed E-state index contributed by atoms with van der Waals surface area (Å²) < 4.78 is 5.49. The van der Waals surface area contributed by atoms with Gasteiger partial charge in [0.15, 0.2) is 0 Å². The number of nitrogens with zero attached hydrogens (tertiary/aromatic N) is 1. The Hall–Kier alpha value is -1.86. The standard InChI is InChI=1S/C21H21NO5.Na/c23-18-10-5-11-22(19(18)20(24)25)21(26)27-12-17-15-8-3-1-6-13(15)14-7-2-4-9-16(14)17;/h1-4,6-9,17-19,23H,5,10-12H2,(H,24,25);/q;+1/p-1/t18-,19+;/m1./s1. The molecule has 2 atom stereocenters. The summed E-state index contributed by atoms with van der Waals surface area (Å²) in [5.41, 5.74) is 4.41. The number of carboxylic acid groups (broad SMARTS) is 1. The van der Waals surface area contributed by atoms with E-state index in [1.165, 1.54) is 0 Å². The fraction of sp³-hybridized carbons (Fsp3) is 0.333. The number of benzene rings is 2. The van der Waals surface area contributed by atoms with E-state index in [4.69, 9.17) is 4.74 Å². The molecule has 7 heteroatoms. The molecular formula is C21H20NNaO5. The van der Waals surface area contributed by atoms with Gasteiger partial charge in [0, 0.05) is 12.5 Å². The molecular weight excluding hydrogens is 369 g/mol. The van der Waals surface area contributed by atoms with E-state index in [9.17, 15) is 19.8 Å². The van der Waals surface area contributed by atoms with E-state index in [0.717, 1.165) is 27.2 Å². The van der Waals surface area contributed by atoms with Crippen molar-refractivity contribution in [2.45, 2.75) is 30.9 Å². The van der Waals surface area contributed by atoms with Crippen molar-refractivity contribution in [1.82, 2.24) is 4.90 Å². The van der Waals surface area contributed by atoms with E-state index in [2.05, 4.69) is 0 Å². The summed E-state index contributed by atoms with van der Waals surface area (Å²) in [4.78, 5) is 25.0. The van der Waals surface area contributed by atoms with E-state index in [-0.39, 0.29) is 48.6 Å². The molecule has 0 spiro atoms. The molecule has 1 aliphatic heterocycles. The molecule has 1 amide bonds. The number of ether oxygens (including phenoxy) is 1. The zero-order chi connectivity index (χ0) is 19.0. The van der Waals surface area contributed by atoms with Crippen LogP contribution in [0.25, 0.3) is 11.1 Å². The molecule has 1 N–H and O–H groups in total. The Morgan fingerprint density at radius 2 is 1.64 bits per heavy atom. The molecule has 28 heavy (non-hydrogen) atoms. The molecule has 1 heterocycles. The predicted octanol–water partition coefficient (Wildman–Crippen LogP) is -1.49. The Balaban J connectivity index is 0.00000225. The number of carbonyl (C=O) groups excluding carboxylic acids is 2. The summed E-state index contributed by atoms with van der Waals surface area (Å²) in [5.74, 6) is -1.56. The number of likely N-dealkylation sites (tertiary alicyclic amines) is 1. The van der Waals surface area contributed by atoms with Crippen LogP contribution < -0.4 is 34.7 Å². The number of carbonyl (C=O) groups is 2. The normalized spacial score (nSPS) is 20.7. The fourth-order valence-corrected chi connectivity index (χ4v) is 4.14. The number of amides is 1. The SMILES string of the molecule is O=C([O-])[C@@H]1[C@H](O)CCCN1C(=O)OCC1c2ccccc2-c2ccccc21.[Na+]. The van der Waals surface area contributed by atoms with Crippen molar-refractivity contribution < 1.29 is 54.1 Å². The minimum atomic E-state index is -1.46. The van der Waals surface area contributed by atoms with Crippen molar-refractivity contribution in [1.29, 1.82) is 0 Å². The first-order valence-corrected chi connectivity index (χ1v) is 9.08. The van der Waals surface area contributed by atoms with Gasteiger partial charge in [-0.05, 0) is 35.1 Å². The minimum Gasteiger partial charge on any atom is -0.548 e. The fourth-order valence-electron chi connectivity index (χ4n) is 4.14. The van der Waals surface area contributed by atoms with Crippen LogP contribution in [-0.4, -0.2) is 47.4 Å². The summed E-state index contributed by atoms with van der Waals surface area (Å²) >= 11 is 0. The van der Waals surface area contributed by atoms with Gasteiger partial charge in [-0.3, -0.25) is 4.90 Å². The quantitative estimate of drug-likeness (QED) is 0.647. The zero-order valence-electron chi connectivity index (χ0n) is 15.7. The molecule has 0 unspecified atom stereocenters. The van der Waals surface area contributed by atoms with E-state index in [1.54, 1.807) is 0 Å². The number of hydrogen-bond acceptors (Lipinski definition) is 5. The van der Waals surface area contributed by atoms with Crippen LogP contribution in [0.2, 0.25) is 0 Å². The molecule has 2 aromatic rings. The third-order valence-electron chi connectivity index (χ3n) is 5.41. The van der Waals surface area contributed by atoms with E-state index in [0.29, 0.717) is 12.8 Å². The van der Waals surface area contributed by atoms with Crippen LogP contribution in [0.15, 0.2) is 48.5 Å². The van der Waals surface area contributed by atoms with Gasteiger partial charge in [-0.15, -0.1) is 0 Å². The first kappa shape index (κ1) is 20.9. The zero-order valence-corrected chi connectivity index (χ0v) is 17.7. The molecule has 1 saturated heterocycles. The number of rotatable bonds is 3. The molecule has 1 aliphatic carbocycles. The molecule has 0 radical (unpaired) electrons. The monoisotopic (exact) mass is 389 g/mol. The van der Waals surface area contributed by atoms with Gasteiger partial charge in [0.2, 0.25) is 0 Å². The second-order valence-electron chi connectivity index (χ2n) is 6.97. The molecule has 0 aromatic heterocycles. The second-order valence-corrected chi connectivity index (χ2v) is 6.97. The average molecular weight is 389 g/mol. The van der Waals surface area contributed by atoms with Crippen LogP contribution in [0.3, 0.4) is 0 Å². The second kappa shape index (κ2) is 8.66. The third kappa shape index (κ3) is 3.70. The maximum absolute atomic E-state index is 12.5. The molecule has 6 nitrogen and oxygen atoms in total. The Labute approximate surface area is 185 Å².